The largest absolute Gasteiger partial charge is 0.534 e. The predicted octanol–water partition coefficient (Wildman–Crippen LogP) is 1.59. The molecule has 0 aromatic heterocycles. The molecule has 6 nitrogen and oxygen atoms in total. The molecule has 11 heteroatoms. The number of anilines is 1. The fourth-order valence-electron chi connectivity index (χ4n) is 1.32. The van der Waals surface area contributed by atoms with E-state index in [0.717, 1.165) is 6.07 Å². The maximum absolute atomic E-state index is 12.4. The maximum atomic E-state index is 12.4. The number of alkyl halides is 3. The van der Waals surface area contributed by atoms with Gasteiger partial charge in [0, 0.05) is 10.1 Å². The Balaban J connectivity index is 3.15. The predicted molar refractivity (Wildman–Crippen MR) is 81.1 cm³/mol. The monoisotopic (exact) mass is 455 g/mol. The average Bonchev–Trinajstić information content (AvgIpc) is 2.39. The lowest BCUT2D eigenvalue weighted by Gasteiger charge is -2.17. The van der Waals surface area contributed by atoms with Gasteiger partial charge >= 0.3 is 15.6 Å². The Bertz CT molecular complexity index is 635. The van der Waals surface area contributed by atoms with E-state index in [1.54, 1.807) is 6.92 Å². The number of benzene rings is 1. The van der Waals surface area contributed by atoms with Gasteiger partial charge in [-0.2, -0.15) is 21.6 Å². The molecule has 1 rings (SSSR count). The van der Waals surface area contributed by atoms with E-state index in [9.17, 15) is 26.7 Å². The molecule has 1 unspecified atom stereocenters. The molecule has 0 aliphatic rings. The Hall–Kier alpha value is -0.790. The highest BCUT2D eigenvalue weighted by atomic mass is 127. The van der Waals surface area contributed by atoms with Gasteiger partial charge in [-0.3, -0.25) is 0 Å². The van der Waals surface area contributed by atoms with Crippen molar-refractivity contribution >= 4 is 38.4 Å². The zero-order valence-electron chi connectivity index (χ0n) is 11.2. The zero-order valence-corrected chi connectivity index (χ0v) is 14.2. The van der Waals surface area contributed by atoms with Crippen molar-refractivity contribution in [2.75, 3.05) is 18.5 Å². The number of nitrogens with one attached hydrogen (secondary N) is 1. The molecular formula is C11H13F3INO5S. The molecular weight excluding hydrogens is 442 g/mol. The Morgan fingerprint density at radius 2 is 2.00 bits per heavy atom. The molecule has 1 atom stereocenters. The van der Waals surface area contributed by atoms with Gasteiger partial charge in [-0.1, -0.05) is 0 Å². The van der Waals surface area contributed by atoms with Gasteiger partial charge in [-0.05, 0) is 47.2 Å². The number of hydrogen-bond acceptors (Lipinski definition) is 6. The normalized spacial score (nSPS) is 13.8. The van der Waals surface area contributed by atoms with Gasteiger partial charge in [-0.25, -0.2) is 0 Å². The molecule has 0 aliphatic heterocycles. The van der Waals surface area contributed by atoms with Gasteiger partial charge in [-0.15, -0.1) is 0 Å². The SMILES string of the molecule is Cc1cc(OS(=O)(=O)C(F)(F)F)c(NCC(O)CO)cc1I. The summed E-state index contributed by atoms with van der Waals surface area (Å²) >= 11 is 1.91. The van der Waals surface area contributed by atoms with Crippen LogP contribution in [0.5, 0.6) is 5.75 Å². The third-order valence-corrected chi connectivity index (χ3v) is 4.61. The standard InChI is InChI=1S/C11H13F3INO5S/c1-6-2-10(21-22(19,20)11(12,13)14)9(3-8(6)15)16-4-7(18)5-17/h2-3,7,16-18H,4-5H2,1H3. The summed E-state index contributed by atoms with van der Waals surface area (Å²) in [7, 11) is -5.80. The number of aliphatic hydroxyl groups is 2. The van der Waals surface area contributed by atoms with Crippen LogP contribution in [0.1, 0.15) is 5.56 Å². The second kappa shape index (κ2) is 7.19. The van der Waals surface area contributed by atoms with Gasteiger partial charge in [0.25, 0.3) is 0 Å². The molecule has 0 fully saturated rings. The molecule has 126 valence electrons. The summed E-state index contributed by atoms with van der Waals surface area (Å²) in [5.41, 5.74) is -5.08. The van der Waals surface area contributed by atoms with E-state index in [2.05, 4.69) is 9.50 Å². The highest BCUT2D eigenvalue weighted by Crippen LogP contribution is 2.34. The Morgan fingerprint density at radius 1 is 1.41 bits per heavy atom. The van der Waals surface area contributed by atoms with Crippen molar-refractivity contribution < 1.29 is 36.0 Å². The van der Waals surface area contributed by atoms with Crippen molar-refractivity contribution in [3.05, 3.63) is 21.3 Å². The molecule has 0 heterocycles. The second-order valence-corrected chi connectivity index (χ2v) is 7.00. The highest BCUT2D eigenvalue weighted by Gasteiger charge is 2.48. The van der Waals surface area contributed by atoms with Crippen molar-refractivity contribution in [1.29, 1.82) is 0 Å². The van der Waals surface area contributed by atoms with Crippen molar-refractivity contribution in [3.8, 4) is 5.75 Å². The molecule has 0 aliphatic carbocycles. The van der Waals surface area contributed by atoms with E-state index >= 15 is 0 Å². The second-order valence-electron chi connectivity index (χ2n) is 4.30. The van der Waals surface area contributed by atoms with Gasteiger partial charge in [0.2, 0.25) is 0 Å². The van der Waals surface area contributed by atoms with Gasteiger partial charge < -0.3 is 19.7 Å². The summed E-state index contributed by atoms with van der Waals surface area (Å²) in [5, 5.41) is 20.5. The summed E-state index contributed by atoms with van der Waals surface area (Å²) in [4.78, 5) is 0. The van der Waals surface area contributed by atoms with Crippen LogP contribution in [0, 0.1) is 10.5 Å². The minimum Gasteiger partial charge on any atom is -0.394 e. The fourth-order valence-corrected chi connectivity index (χ4v) is 2.26. The molecule has 0 saturated carbocycles. The van der Waals surface area contributed by atoms with Crippen molar-refractivity contribution in [2.24, 2.45) is 0 Å². The Labute approximate surface area is 138 Å². The molecule has 0 saturated heterocycles. The summed E-state index contributed by atoms with van der Waals surface area (Å²) in [5.74, 6) is -0.541. The molecule has 22 heavy (non-hydrogen) atoms. The van der Waals surface area contributed by atoms with E-state index in [-0.39, 0.29) is 12.2 Å². The van der Waals surface area contributed by atoms with Crippen molar-refractivity contribution in [2.45, 2.75) is 18.5 Å². The van der Waals surface area contributed by atoms with E-state index in [4.69, 9.17) is 5.11 Å². The lowest BCUT2D eigenvalue weighted by Crippen LogP contribution is -2.29. The maximum Gasteiger partial charge on any atom is 0.534 e. The van der Waals surface area contributed by atoms with Gasteiger partial charge in [0.05, 0.1) is 18.4 Å². The van der Waals surface area contributed by atoms with Crippen molar-refractivity contribution in [3.63, 3.8) is 0 Å². The summed E-state index contributed by atoms with van der Waals surface area (Å²) in [6.07, 6.45) is -1.16. The third-order valence-electron chi connectivity index (χ3n) is 2.48. The number of halogens is 4. The van der Waals surface area contributed by atoms with Crippen LogP contribution in [0.25, 0.3) is 0 Å². The first kappa shape index (κ1) is 19.3. The number of rotatable bonds is 6. The van der Waals surface area contributed by atoms with Crippen LogP contribution in [0.4, 0.5) is 18.9 Å². The third kappa shape index (κ3) is 4.86. The number of aliphatic hydroxyl groups excluding tert-OH is 2. The zero-order chi connectivity index (χ0) is 17.1. The average molecular weight is 455 g/mol. The molecule has 0 radical (unpaired) electrons. The van der Waals surface area contributed by atoms with E-state index in [1.165, 1.54) is 6.07 Å². The van der Waals surface area contributed by atoms with E-state index < -0.39 is 34.1 Å². The summed E-state index contributed by atoms with van der Waals surface area (Å²) < 4.78 is 64.2. The van der Waals surface area contributed by atoms with Crippen LogP contribution in [-0.2, 0) is 10.1 Å². The topological polar surface area (TPSA) is 95.9 Å². The molecule has 0 amide bonds. The first-order valence-electron chi connectivity index (χ1n) is 5.81. The summed E-state index contributed by atoms with van der Waals surface area (Å²) in [6, 6.07) is 2.51. The number of hydrogen-bond donors (Lipinski definition) is 3. The Kier molecular flexibility index (Phi) is 6.29. The molecule has 1 aromatic carbocycles. The molecule has 1 aromatic rings. The van der Waals surface area contributed by atoms with Crippen LogP contribution in [0.3, 0.4) is 0 Å². The Morgan fingerprint density at radius 3 is 2.50 bits per heavy atom. The minimum atomic E-state index is -5.80. The molecule has 0 spiro atoms. The van der Waals surface area contributed by atoms with E-state index in [1.807, 2.05) is 22.6 Å². The number of aryl methyl sites for hydroxylation is 1. The first-order valence-corrected chi connectivity index (χ1v) is 8.30. The molecule has 3 N–H and O–H groups in total. The lowest BCUT2D eigenvalue weighted by atomic mass is 10.2. The summed E-state index contributed by atoms with van der Waals surface area (Å²) in [6.45, 7) is 0.812. The fraction of sp³-hybridized carbons (Fsp3) is 0.455. The van der Waals surface area contributed by atoms with Crippen LogP contribution in [-0.4, -0.2) is 43.4 Å². The van der Waals surface area contributed by atoms with Crippen LogP contribution in [0.15, 0.2) is 12.1 Å². The highest BCUT2D eigenvalue weighted by molar-refractivity contribution is 14.1. The first-order chi connectivity index (χ1) is 9.98. The molecule has 0 bridgehead atoms. The minimum absolute atomic E-state index is 0.0460. The van der Waals surface area contributed by atoms with Gasteiger partial charge in [0.15, 0.2) is 5.75 Å². The van der Waals surface area contributed by atoms with Gasteiger partial charge in [0.1, 0.15) is 0 Å². The van der Waals surface area contributed by atoms with Crippen molar-refractivity contribution in [1.82, 2.24) is 0 Å². The van der Waals surface area contributed by atoms with Crippen LogP contribution in [0.2, 0.25) is 0 Å². The van der Waals surface area contributed by atoms with Crippen LogP contribution < -0.4 is 9.50 Å². The van der Waals surface area contributed by atoms with Crippen LogP contribution >= 0.6 is 22.6 Å². The lowest BCUT2D eigenvalue weighted by molar-refractivity contribution is -0.0499. The quantitative estimate of drug-likeness (QED) is 0.343. The van der Waals surface area contributed by atoms with E-state index in [0.29, 0.717) is 9.13 Å². The smallest absolute Gasteiger partial charge is 0.394 e.